The van der Waals surface area contributed by atoms with E-state index in [2.05, 4.69) is 10.2 Å². The Balaban J connectivity index is 2.26. The van der Waals surface area contributed by atoms with Gasteiger partial charge in [-0.3, -0.25) is 4.79 Å². The zero-order valence-corrected chi connectivity index (χ0v) is 10.7. The predicted octanol–water partition coefficient (Wildman–Crippen LogP) is 1.57. The topological polar surface area (TPSA) is 104 Å². The number of nitrogens with two attached hydrogens (primary N) is 2. The first-order valence-electron chi connectivity index (χ1n) is 5.65. The summed E-state index contributed by atoms with van der Waals surface area (Å²) in [7, 11) is 0. The molecule has 2 rings (SSSR count). The van der Waals surface area contributed by atoms with Crippen LogP contribution in [-0.2, 0) is 0 Å². The molecule has 0 aliphatic carbocycles. The van der Waals surface area contributed by atoms with Gasteiger partial charge in [0.2, 0.25) is 5.88 Å². The number of primary amides is 1. The fourth-order valence-electron chi connectivity index (χ4n) is 1.58. The molecule has 0 radical (unpaired) electrons. The Labute approximate surface area is 110 Å². The first-order valence-corrected chi connectivity index (χ1v) is 5.65. The van der Waals surface area contributed by atoms with Crippen LogP contribution in [0.3, 0.4) is 0 Å². The van der Waals surface area contributed by atoms with Crippen LogP contribution in [0.1, 0.15) is 21.6 Å². The molecule has 6 heteroatoms. The van der Waals surface area contributed by atoms with Crippen LogP contribution in [0.25, 0.3) is 0 Å². The largest absolute Gasteiger partial charge is 0.437 e. The lowest BCUT2D eigenvalue weighted by molar-refractivity contribution is 0.0994. The minimum absolute atomic E-state index is 0.0903. The maximum absolute atomic E-state index is 10.9. The second-order valence-corrected chi connectivity index (χ2v) is 4.20. The van der Waals surface area contributed by atoms with E-state index < -0.39 is 5.91 Å². The van der Waals surface area contributed by atoms with Crippen molar-refractivity contribution in [3.63, 3.8) is 0 Å². The van der Waals surface area contributed by atoms with Crippen molar-refractivity contribution in [2.75, 3.05) is 5.73 Å². The molecule has 19 heavy (non-hydrogen) atoms. The van der Waals surface area contributed by atoms with Gasteiger partial charge in [-0.2, -0.15) is 0 Å². The summed E-state index contributed by atoms with van der Waals surface area (Å²) in [6, 6.07) is 6.64. The first-order chi connectivity index (χ1) is 8.97. The molecule has 4 N–H and O–H groups in total. The number of amides is 1. The Morgan fingerprint density at radius 2 is 1.89 bits per heavy atom. The van der Waals surface area contributed by atoms with Crippen molar-refractivity contribution >= 4 is 11.6 Å². The minimum Gasteiger partial charge on any atom is -0.437 e. The summed E-state index contributed by atoms with van der Waals surface area (Å²) in [4.78, 5) is 10.9. The molecule has 6 nitrogen and oxygen atoms in total. The van der Waals surface area contributed by atoms with E-state index in [4.69, 9.17) is 16.2 Å². The number of rotatable bonds is 3. The summed E-state index contributed by atoms with van der Waals surface area (Å²) in [6.45, 7) is 3.83. The van der Waals surface area contributed by atoms with Gasteiger partial charge in [0.05, 0.1) is 0 Å². The highest BCUT2D eigenvalue weighted by Gasteiger charge is 2.08. The summed E-state index contributed by atoms with van der Waals surface area (Å²) in [6.07, 6.45) is 0. The van der Waals surface area contributed by atoms with Crippen molar-refractivity contribution in [1.82, 2.24) is 10.2 Å². The van der Waals surface area contributed by atoms with E-state index in [1.54, 1.807) is 6.07 Å². The van der Waals surface area contributed by atoms with Gasteiger partial charge in [-0.1, -0.05) is 6.07 Å². The van der Waals surface area contributed by atoms with E-state index in [1.165, 1.54) is 12.1 Å². The van der Waals surface area contributed by atoms with Crippen molar-refractivity contribution in [3.8, 4) is 11.6 Å². The number of hydrogen-bond donors (Lipinski definition) is 2. The van der Waals surface area contributed by atoms with Gasteiger partial charge >= 0.3 is 0 Å². The Morgan fingerprint density at radius 1 is 1.16 bits per heavy atom. The molecule has 0 saturated heterocycles. The van der Waals surface area contributed by atoms with Crippen LogP contribution in [0, 0.1) is 13.8 Å². The minimum atomic E-state index is -0.630. The number of carbonyl (C=O) groups is 1. The van der Waals surface area contributed by atoms with Crippen molar-refractivity contribution in [2.24, 2.45) is 5.73 Å². The number of carbonyl (C=O) groups excluding carboxylic acids is 1. The van der Waals surface area contributed by atoms with Gasteiger partial charge < -0.3 is 16.2 Å². The van der Waals surface area contributed by atoms with Gasteiger partial charge in [-0.25, -0.2) is 0 Å². The molecule has 1 amide bonds. The number of hydrogen-bond acceptors (Lipinski definition) is 5. The molecule has 0 aliphatic heterocycles. The molecule has 0 fully saturated rings. The highest BCUT2D eigenvalue weighted by molar-refractivity contribution is 5.90. The third kappa shape index (κ3) is 2.79. The van der Waals surface area contributed by atoms with Gasteiger partial charge in [-0.15, -0.1) is 10.2 Å². The van der Waals surface area contributed by atoms with Crippen LogP contribution in [-0.4, -0.2) is 16.1 Å². The number of anilines is 1. The Bertz CT molecular complexity index is 623. The van der Waals surface area contributed by atoms with Crippen molar-refractivity contribution in [3.05, 3.63) is 41.1 Å². The van der Waals surface area contributed by atoms with E-state index in [0.717, 1.165) is 11.1 Å². The number of aryl methyl sites for hydroxylation is 2. The number of aromatic nitrogens is 2. The summed E-state index contributed by atoms with van der Waals surface area (Å²) in [5, 5.41) is 7.44. The van der Waals surface area contributed by atoms with Crippen LogP contribution >= 0.6 is 0 Å². The summed E-state index contributed by atoms with van der Waals surface area (Å²) in [5.41, 5.74) is 13.6. The molecule has 0 spiro atoms. The zero-order chi connectivity index (χ0) is 14.0. The second kappa shape index (κ2) is 4.93. The molecule has 0 atom stereocenters. The zero-order valence-electron chi connectivity index (χ0n) is 10.7. The molecule has 1 aromatic carbocycles. The molecule has 98 valence electrons. The third-order valence-electron chi connectivity index (χ3n) is 2.67. The lowest BCUT2D eigenvalue weighted by atomic mass is 10.1. The Kier molecular flexibility index (Phi) is 3.33. The van der Waals surface area contributed by atoms with Gasteiger partial charge in [-0.05, 0) is 31.0 Å². The maximum Gasteiger partial charge on any atom is 0.269 e. The first kappa shape index (κ1) is 12.8. The Morgan fingerprint density at radius 3 is 2.47 bits per heavy atom. The maximum atomic E-state index is 10.9. The van der Waals surface area contributed by atoms with E-state index in [-0.39, 0.29) is 11.6 Å². The Hall–Kier alpha value is -2.63. The van der Waals surface area contributed by atoms with Crippen molar-refractivity contribution in [1.29, 1.82) is 0 Å². The summed E-state index contributed by atoms with van der Waals surface area (Å²) in [5.74, 6) is 0.246. The number of benzene rings is 1. The molecule has 0 aliphatic rings. The lowest BCUT2D eigenvalue weighted by Gasteiger charge is -2.10. The number of nitrogen functional groups attached to an aromatic ring is 1. The fraction of sp³-hybridized carbons (Fsp3) is 0.154. The van der Waals surface area contributed by atoms with Crippen LogP contribution in [0.2, 0.25) is 0 Å². The van der Waals surface area contributed by atoms with Gasteiger partial charge in [0.15, 0.2) is 5.69 Å². The monoisotopic (exact) mass is 258 g/mol. The van der Waals surface area contributed by atoms with E-state index in [9.17, 15) is 4.79 Å². The van der Waals surface area contributed by atoms with Crippen LogP contribution < -0.4 is 16.2 Å². The SMILES string of the molecule is Cc1cc(C)c(Oc2ccc(C(N)=O)nn2)cc1N. The van der Waals surface area contributed by atoms with Crippen LogP contribution in [0.15, 0.2) is 24.3 Å². The van der Waals surface area contributed by atoms with Crippen LogP contribution in [0.5, 0.6) is 11.6 Å². The number of nitrogens with zero attached hydrogens (tertiary/aromatic N) is 2. The van der Waals surface area contributed by atoms with Gasteiger partial charge in [0.1, 0.15) is 5.75 Å². The molecular weight excluding hydrogens is 244 g/mol. The smallest absolute Gasteiger partial charge is 0.269 e. The average Bonchev–Trinajstić information content (AvgIpc) is 2.36. The van der Waals surface area contributed by atoms with Crippen LogP contribution in [0.4, 0.5) is 5.69 Å². The summed E-state index contributed by atoms with van der Waals surface area (Å²) < 4.78 is 5.57. The molecular formula is C13H14N4O2. The molecule has 1 heterocycles. The quantitative estimate of drug-likeness (QED) is 0.813. The van der Waals surface area contributed by atoms with E-state index in [0.29, 0.717) is 11.4 Å². The molecule has 2 aromatic rings. The molecule has 0 saturated carbocycles. The van der Waals surface area contributed by atoms with Crippen molar-refractivity contribution < 1.29 is 9.53 Å². The van der Waals surface area contributed by atoms with E-state index >= 15 is 0 Å². The van der Waals surface area contributed by atoms with E-state index in [1.807, 2.05) is 19.9 Å². The normalized spacial score (nSPS) is 10.2. The highest BCUT2D eigenvalue weighted by atomic mass is 16.5. The fourth-order valence-corrected chi connectivity index (χ4v) is 1.58. The van der Waals surface area contributed by atoms with Crippen molar-refractivity contribution in [2.45, 2.75) is 13.8 Å². The molecule has 0 bridgehead atoms. The standard InChI is InChI=1S/C13H14N4O2/c1-7-5-8(2)11(6-9(7)14)19-12-4-3-10(13(15)18)16-17-12/h3-6H,14H2,1-2H3,(H2,15,18). The highest BCUT2D eigenvalue weighted by Crippen LogP contribution is 2.27. The third-order valence-corrected chi connectivity index (χ3v) is 2.67. The second-order valence-electron chi connectivity index (χ2n) is 4.20. The summed E-state index contributed by atoms with van der Waals surface area (Å²) >= 11 is 0. The molecule has 1 aromatic heterocycles. The van der Waals surface area contributed by atoms with Gasteiger partial charge in [0, 0.05) is 17.8 Å². The molecule has 0 unspecified atom stereocenters. The predicted molar refractivity (Wildman–Crippen MR) is 71.0 cm³/mol. The number of ether oxygens (including phenoxy) is 1. The lowest BCUT2D eigenvalue weighted by Crippen LogP contribution is -2.13. The van der Waals surface area contributed by atoms with Gasteiger partial charge in [0.25, 0.3) is 5.91 Å². The average molecular weight is 258 g/mol.